The average molecular weight is 277 g/mol. The second-order valence-corrected chi connectivity index (χ2v) is 3.71. The van der Waals surface area contributed by atoms with Gasteiger partial charge in [-0.15, -0.1) is 0 Å². The Balaban J connectivity index is 3.41. The molecule has 0 aromatic heterocycles. The van der Waals surface area contributed by atoms with Crippen molar-refractivity contribution < 1.29 is 19.7 Å². The smallest absolute Gasteiger partial charge is 0.350 e. The molecule has 0 aliphatic heterocycles. The monoisotopic (exact) mass is 276 g/mol. The van der Waals surface area contributed by atoms with E-state index in [9.17, 15) is 25.3 Å². The number of benzene rings is 1. The second kappa shape index (κ2) is 5.71. The molecule has 0 aliphatic rings. The zero-order valence-corrected chi connectivity index (χ0v) is 9.96. The van der Waals surface area contributed by atoms with Crippen LogP contribution in [-0.4, -0.2) is 28.4 Å². The second-order valence-electron chi connectivity index (χ2n) is 3.30. The number of hydrogen-bond acceptors (Lipinski definition) is 6. The molecule has 18 heavy (non-hydrogen) atoms. The van der Waals surface area contributed by atoms with Crippen LogP contribution in [0, 0.1) is 20.2 Å². The van der Waals surface area contributed by atoms with E-state index in [0.29, 0.717) is 0 Å². The van der Waals surface area contributed by atoms with Crippen molar-refractivity contribution in [2.45, 2.75) is 12.7 Å². The van der Waals surface area contributed by atoms with Crippen LogP contribution in [0.3, 0.4) is 0 Å². The number of nitro groups is 2. The summed E-state index contributed by atoms with van der Waals surface area (Å²) >= 11 is 5.76. The summed E-state index contributed by atoms with van der Waals surface area (Å²) in [6.45, 7) is 0. The molecular weight excluding hydrogens is 268 g/mol. The van der Waals surface area contributed by atoms with E-state index in [1.807, 2.05) is 0 Å². The lowest BCUT2D eigenvalue weighted by molar-refractivity contribution is -0.423. The van der Waals surface area contributed by atoms with Gasteiger partial charge in [0, 0.05) is 19.6 Å². The Morgan fingerprint density at radius 2 is 2.00 bits per heavy atom. The van der Waals surface area contributed by atoms with Gasteiger partial charge in [-0.05, 0) is 6.07 Å². The summed E-state index contributed by atoms with van der Waals surface area (Å²) in [5.41, 5.74) is -1.54. The molecule has 1 rings (SSSR count). The third kappa shape index (κ3) is 2.92. The maximum absolute atomic E-state index is 10.9. The molecule has 0 saturated carbocycles. The molecule has 9 heteroatoms. The van der Waals surface area contributed by atoms with Crippen molar-refractivity contribution in [1.29, 1.82) is 0 Å². The van der Waals surface area contributed by atoms with Gasteiger partial charge in [0.05, 0.1) is 20.4 Å². The van der Waals surface area contributed by atoms with E-state index < -0.39 is 27.5 Å². The Kier molecular flexibility index (Phi) is 4.54. The van der Waals surface area contributed by atoms with Crippen molar-refractivity contribution in [3.05, 3.63) is 42.9 Å². The fourth-order valence-corrected chi connectivity index (χ4v) is 1.63. The van der Waals surface area contributed by atoms with Gasteiger partial charge in [-0.2, -0.15) is 0 Å². The molecule has 0 aliphatic carbocycles. The Bertz CT molecular complexity index is 492. The van der Waals surface area contributed by atoms with Crippen LogP contribution in [0.25, 0.3) is 0 Å². The molecule has 1 aromatic rings. The normalized spacial score (nSPS) is 12.2. The molecule has 0 saturated heterocycles. The third-order valence-corrected chi connectivity index (χ3v) is 2.59. The quantitative estimate of drug-likeness (QED) is 0.497. The Morgan fingerprint density at radius 1 is 1.39 bits per heavy atom. The average Bonchev–Trinajstić information content (AvgIpc) is 2.30. The Morgan fingerprint density at radius 3 is 2.44 bits per heavy atom. The van der Waals surface area contributed by atoms with Gasteiger partial charge in [0.15, 0.2) is 6.29 Å². The molecule has 1 unspecified atom stereocenters. The lowest BCUT2D eigenvalue weighted by atomic mass is 10.1. The van der Waals surface area contributed by atoms with E-state index >= 15 is 0 Å². The molecule has 1 N–H and O–H groups in total. The molecule has 0 spiro atoms. The highest BCUT2D eigenvalue weighted by molar-refractivity contribution is 6.31. The molecule has 0 heterocycles. The maximum Gasteiger partial charge on any atom is 0.350 e. The number of hydrogen-bond donors (Lipinski definition) is 1. The zero-order chi connectivity index (χ0) is 13.9. The van der Waals surface area contributed by atoms with Crippen LogP contribution in [0.2, 0.25) is 5.02 Å². The van der Waals surface area contributed by atoms with Crippen molar-refractivity contribution >= 4 is 23.0 Å². The van der Waals surface area contributed by atoms with Gasteiger partial charge < -0.3 is 9.84 Å². The lowest BCUT2D eigenvalue weighted by Gasteiger charge is -2.10. The molecule has 98 valence electrons. The fraction of sp³-hybridized carbons (Fsp3) is 0.333. The van der Waals surface area contributed by atoms with Gasteiger partial charge in [-0.25, -0.2) is 0 Å². The maximum atomic E-state index is 10.9. The minimum atomic E-state index is -1.33. The number of ether oxygens (including phenoxy) is 1. The Labute approximate surface area is 106 Å². The molecule has 0 amide bonds. The molecule has 1 atom stereocenters. The highest BCUT2D eigenvalue weighted by Crippen LogP contribution is 2.36. The van der Waals surface area contributed by atoms with Crippen molar-refractivity contribution in [2.24, 2.45) is 0 Å². The number of aliphatic hydroxyl groups excluding tert-OH is 1. The summed E-state index contributed by atoms with van der Waals surface area (Å²) in [5, 5.41) is 30.9. The summed E-state index contributed by atoms with van der Waals surface area (Å²) in [6, 6.07) is 2.12. The van der Waals surface area contributed by atoms with E-state index in [1.54, 1.807) is 0 Å². The van der Waals surface area contributed by atoms with Crippen LogP contribution in [0.1, 0.15) is 5.56 Å². The number of nitro benzene ring substituents is 2. The highest BCUT2D eigenvalue weighted by Gasteiger charge is 2.31. The van der Waals surface area contributed by atoms with Crippen molar-refractivity contribution in [3.63, 3.8) is 0 Å². The predicted molar refractivity (Wildman–Crippen MR) is 61.5 cm³/mol. The van der Waals surface area contributed by atoms with E-state index in [2.05, 4.69) is 4.74 Å². The van der Waals surface area contributed by atoms with E-state index in [-0.39, 0.29) is 17.0 Å². The van der Waals surface area contributed by atoms with Crippen LogP contribution in [0.4, 0.5) is 11.4 Å². The first-order valence-electron chi connectivity index (χ1n) is 4.69. The van der Waals surface area contributed by atoms with Crippen LogP contribution in [-0.2, 0) is 11.2 Å². The summed E-state index contributed by atoms with van der Waals surface area (Å²) in [7, 11) is 1.20. The van der Waals surface area contributed by atoms with Gasteiger partial charge in [-0.1, -0.05) is 11.6 Å². The standard InChI is InChI=1S/C9H9ClN2O6/c1-18-8(13)4-5-6(10)2-3-7(11(14)15)9(5)12(16)17/h2-3,8,13H,4H2,1H3. The summed E-state index contributed by atoms with van der Waals surface area (Å²) in [5.74, 6) is 0. The van der Waals surface area contributed by atoms with Gasteiger partial charge >= 0.3 is 11.4 Å². The molecular formula is C9H9ClN2O6. The van der Waals surface area contributed by atoms with Crippen LogP contribution in [0.5, 0.6) is 0 Å². The molecule has 1 aromatic carbocycles. The SMILES string of the molecule is COC(O)Cc1c(Cl)ccc([N+](=O)[O-])c1[N+](=O)[O-]. The van der Waals surface area contributed by atoms with Crippen molar-refractivity contribution in [3.8, 4) is 0 Å². The minimum absolute atomic E-state index is 0.0385. The number of aliphatic hydroxyl groups is 1. The predicted octanol–water partition coefficient (Wildman–Crippen LogP) is 1.66. The lowest BCUT2D eigenvalue weighted by Crippen LogP contribution is -2.14. The molecule has 0 radical (unpaired) electrons. The van der Waals surface area contributed by atoms with E-state index in [1.165, 1.54) is 13.2 Å². The largest absolute Gasteiger partial charge is 0.368 e. The van der Waals surface area contributed by atoms with Crippen molar-refractivity contribution in [2.75, 3.05) is 7.11 Å². The van der Waals surface area contributed by atoms with Crippen LogP contribution >= 0.6 is 11.6 Å². The highest BCUT2D eigenvalue weighted by atomic mass is 35.5. The number of methoxy groups -OCH3 is 1. The minimum Gasteiger partial charge on any atom is -0.368 e. The number of rotatable bonds is 5. The first-order chi connectivity index (χ1) is 8.38. The number of halogens is 1. The first kappa shape index (κ1) is 14.3. The topological polar surface area (TPSA) is 116 Å². The van der Waals surface area contributed by atoms with E-state index in [0.717, 1.165) is 6.07 Å². The van der Waals surface area contributed by atoms with E-state index in [4.69, 9.17) is 11.6 Å². The van der Waals surface area contributed by atoms with Crippen LogP contribution < -0.4 is 0 Å². The zero-order valence-electron chi connectivity index (χ0n) is 9.20. The van der Waals surface area contributed by atoms with Gasteiger partial charge in [0.1, 0.15) is 0 Å². The summed E-state index contributed by atoms with van der Waals surface area (Å²) in [6.07, 6.45) is -1.64. The van der Waals surface area contributed by atoms with Gasteiger partial charge in [0.2, 0.25) is 0 Å². The first-order valence-corrected chi connectivity index (χ1v) is 5.07. The van der Waals surface area contributed by atoms with Crippen molar-refractivity contribution in [1.82, 2.24) is 0 Å². The van der Waals surface area contributed by atoms with Gasteiger partial charge in [-0.3, -0.25) is 20.2 Å². The molecule has 8 nitrogen and oxygen atoms in total. The molecule has 0 bridgehead atoms. The summed E-state index contributed by atoms with van der Waals surface area (Å²) in [4.78, 5) is 19.8. The fourth-order valence-electron chi connectivity index (χ4n) is 1.40. The number of nitrogens with zero attached hydrogens (tertiary/aromatic N) is 2. The van der Waals surface area contributed by atoms with Crippen LogP contribution in [0.15, 0.2) is 12.1 Å². The summed E-state index contributed by atoms with van der Waals surface area (Å²) < 4.78 is 4.55. The van der Waals surface area contributed by atoms with Gasteiger partial charge in [0.25, 0.3) is 0 Å². The molecule has 0 fully saturated rings. The third-order valence-electron chi connectivity index (χ3n) is 2.23. The Hall–Kier alpha value is -1.77.